The van der Waals surface area contributed by atoms with E-state index in [1.165, 1.54) is 32.4 Å². The molecule has 1 N–H and O–H groups in total. The van der Waals surface area contributed by atoms with Gasteiger partial charge in [-0.05, 0) is 5.56 Å². The van der Waals surface area contributed by atoms with Crippen molar-refractivity contribution in [3.63, 3.8) is 0 Å². The number of rotatable bonds is 4. The number of ketones is 1. The Morgan fingerprint density at radius 2 is 1.42 bits per heavy atom. The summed E-state index contributed by atoms with van der Waals surface area (Å²) in [6.07, 6.45) is 3.19. The first kappa shape index (κ1) is 38.7. The summed E-state index contributed by atoms with van der Waals surface area (Å²) in [5, 5.41) is 25.8. The Kier molecular flexibility index (Phi) is 11.6. The van der Waals surface area contributed by atoms with E-state index < -0.39 is 18.7 Å². The van der Waals surface area contributed by atoms with Gasteiger partial charge in [0.2, 0.25) is 0 Å². The monoisotopic (exact) mass is 900 g/mol. The van der Waals surface area contributed by atoms with Gasteiger partial charge in [-0.25, -0.2) is 0 Å². The molecule has 0 amide bonds. The fourth-order valence-electron chi connectivity index (χ4n) is 5.56. The minimum absolute atomic E-state index is 0. The predicted octanol–water partition coefficient (Wildman–Crippen LogP) is 11.2. The van der Waals surface area contributed by atoms with Crippen LogP contribution in [-0.4, -0.2) is 29.1 Å². The van der Waals surface area contributed by atoms with Gasteiger partial charge in [-0.3, -0.25) is 4.79 Å². The van der Waals surface area contributed by atoms with Gasteiger partial charge in [-0.15, -0.1) is 23.6 Å². The van der Waals surface area contributed by atoms with Gasteiger partial charge in [-0.2, -0.15) is 5.26 Å². The molecule has 0 atom stereocenters. The summed E-state index contributed by atoms with van der Waals surface area (Å²) in [4.78, 5) is 16.2. The Hall–Kier alpha value is -4.08. The molecule has 0 spiro atoms. The smallest absolute Gasteiger partial charge is 0 e. The van der Waals surface area contributed by atoms with Crippen molar-refractivity contribution in [1.82, 2.24) is 4.98 Å². The van der Waals surface area contributed by atoms with Crippen LogP contribution in [0.5, 0.6) is 0 Å². The number of nitriles is 1. The van der Waals surface area contributed by atoms with Crippen molar-refractivity contribution in [2.75, 3.05) is 0 Å². The van der Waals surface area contributed by atoms with Crippen LogP contribution in [0, 0.1) is 28.2 Å². The van der Waals surface area contributed by atoms with Gasteiger partial charge >= 0.3 is 151 Å². The second-order valence-corrected chi connectivity index (χ2v) is 26.4. The molecule has 1 aromatic heterocycles. The minimum Gasteiger partial charge on any atom is 0 e. The number of hydrogen-bond acceptors (Lipinski definition) is 4. The van der Waals surface area contributed by atoms with E-state index in [9.17, 15) is 15.2 Å². The SMILES string of the molecule is CC(C)(C)C(=O)/C=C(\O)C(C)(C)C.[CH3][Ge]([CH3])([CH3])[c]1ccc(-c2ccc3c(ccc4c(-c5[c-]c6ccccc6c(C#N)c5)nccc43)c2)cc1.[Ir]. The first-order valence-electron chi connectivity index (χ1n) is 16.7. The number of carbonyl (C=O) groups excluding carboxylic acids is 1. The third-order valence-electron chi connectivity index (χ3n) is 8.77. The number of fused-ring (bicyclic) bond motifs is 4. The van der Waals surface area contributed by atoms with Crippen molar-refractivity contribution in [2.24, 2.45) is 10.8 Å². The third kappa shape index (κ3) is 8.61. The molecule has 1 radical (unpaired) electrons. The van der Waals surface area contributed by atoms with E-state index in [4.69, 9.17) is 4.98 Å². The molecule has 6 rings (SSSR count). The number of hydrogen-bond donors (Lipinski definition) is 1. The molecule has 0 aliphatic heterocycles. The average molecular weight is 899 g/mol. The molecule has 257 valence electrons. The molecule has 6 aromatic rings. The van der Waals surface area contributed by atoms with Gasteiger partial charge in [0, 0.05) is 37.0 Å². The minimum atomic E-state index is -1.82. The van der Waals surface area contributed by atoms with E-state index in [0.29, 0.717) is 5.56 Å². The second kappa shape index (κ2) is 15.0. The number of benzene rings is 5. The van der Waals surface area contributed by atoms with Crippen LogP contribution in [-0.2, 0) is 24.9 Å². The van der Waals surface area contributed by atoms with Gasteiger partial charge in [0.05, 0.1) is 6.07 Å². The van der Waals surface area contributed by atoms with Gasteiger partial charge in [0.15, 0.2) is 5.78 Å². The molecule has 0 fully saturated rings. The summed E-state index contributed by atoms with van der Waals surface area (Å²) in [7, 11) is 0. The van der Waals surface area contributed by atoms with Crippen LogP contribution < -0.4 is 4.40 Å². The molecule has 0 aliphatic carbocycles. The van der Waals surface area contributed by atoms with Crippen LogP contribution in [0.15, 0.2) is 109 Å². The number of carbonyl (C=O) groups is 1. The van der Waals surface area contributed by atoms with Crippen molar-refractivity contribution < 1.29 is 30.0 Å². The molecule has 4 nitrogen and oxygen atoms in total. The first-order chi connectivity index (χ1) is 23.0. The summed E-state index contributed by atoms with van der Waals surface area (Å²) in [6, 6.07) is 37.9. The number of allylic oxidation sites excluding steroid dienone is 2. The van der Waals surface area contributed by atoms with Crippen LogP contribution in [0.3, 0.4) is 0 Å². The van der Waals surface area contributed by atoms with E-state index in [1.54, 1.807) is 0 Å². The maximum atomic E-state index is 11.5. The Balaban J connectivity index is 0.000000345. The standard InChI is InChI=1S/C33H25GeN2.C11H20O2.Ir/c1-34(2,3)28-12-8-22(9-13-28)23-10-14-30-25(18-23)11-15-32-31(30)16-17-36-33(32)26-19-24-6-4-5-7-29(24)27(20-26)21-35;1-10(2,3)8(12)7-9(13)11(4,5)6;/h4-18,20H,1-3H3;7,12H,1-6H3;/q-1;;/b;8-7-;. The first-order valence-corrected chi connectivity index (χ1v) is 24.1. The summed E-state index contributed by atoms with van der Waals surface area (Å²) < 4.78 is 1.52. The predicted molar refractivity (Wildman–Crippen MR) is 209 cm³/mol. The molecule has 50 heavy (non-hydrogen) atoms. The van der Waals surface area contributed by atoms with Crippen molar-refractivity contribution >= 4 is 55.8 Å². The molecule has 1 heterocycles. The fourth-order valence-corrected chi connectivity index (χ4v) is 8.01. The zero-order valence-corrected chi connectivity index (χ0v) is 34.9. The molecular formula is C44H45GeIrN2O2-. The summed E-state index contributed by atoms with van der Waals surface area (Å²) in [5.41, 5.74) is 4.05. The van der Waals surface area contributed by atoms with Gasteiger partial charge in [0.25, 0.3) is 0 Å². The Labute approximate surface area is 313 Å². The van der Waals surface area contributed by atoms with Crippen molar-refractivity contribution in [3.8, 4) is 28.5 Å². The quantitative estimate of drug-likeness (QED) is 0.0629. The number of pyridine rings is 1. The van der Waals surface area contributed by atoms with Gasteiger partial charge < -0.3 is 5.11 Å². The molecular weight excluding hydrogens is 853 g/mol. The largest absolute Gasteiger partial charge is 0 e. The third-order valence-corrected chi connectivity index (χ3v) is 13.1. The molecule has 0 bridgehead atoms. The Morgan fingerprint density at radius 1 is 0.780 bits per heavy atom. The van der Waals surface area contributed by atoms with Gasteiger partial charge in [-0.1, -0.05) is 65.1 Å². The summed E-state index contributed by atoms with van der Waals surface area (Å²) >= 11 is -1.82. The average Bonchev–Trinajstić information content (AvgIpc) is 3.06. The molecule has 0 unspecified atom stereocenters. The van der Waals surface area contributed by atoms with E-state index in [1.807, 2.05) is 78.1 Å². The van der Waals surface area contributed by atoms with Crippen molar-refractivity contribution in [3.05, 3.63) is 121 Å². The van der Waals surface area contributed by atoms with Crippen molar-refractivity contribution in [1.29, 1.82) is 5.26 Å². The van der Waals surface area contributed by atoms with Crippen LogP contribution in [0.2, 0.25) is 17.3 Å². The Bertz CT molecular complexity index is 2260. The molecule has 0 saturated carbocycles. The topological polar surface area (TPSA) is 74.0 Å². The number of aliphatic hydroxyl groups excluding tert-OH is 1. The summed E-state index contributed by atoms with van der Waals surface area (Å²) in [6.45, 7) is 11.1. The molecule has 0 saturated heterocycles. The van der Waals surface area contributed by atoms with E-state index in [-0.39, 0.29) is 37.1 Å². The van der Waals surface area contributed by atoms with Crippen LogP contribution in [0.25, 0.3) is 54.7 Å². The van der Waals surface area contributed by atoms with Crippen LogP contribution in [0.1, 0.15) is 47.1 Å². The number of nitrogens with zero attached hydrogens (tertiary/aromatic N) is 2. The zero-order valence-electron chi connectivity index (χ0n) is 30.4. The summed E-state index contributed by atoms with van der Waals surface area (Å²) in [5.74, 6) is 7.38. The van der Waals surface area contributed by atoms with Crippen LogP contribution in [0.4, 0.5) is 0 Å². The van der Waals surface area contributed by atoms with E-state index in [2.05, 4.69) is 90.1 Å². The number of aliphatic hydroxyl groups is 1. The second-order valence-electron chi connectivity index (χ2n) is 15.7. The van der Waals surface area contributed by atoms with Crippen LogP contribution >= 0.6 is 0 Å². The normalized spacial score (nSPS) is 12.2. The van der Waals surface area contributed by atoms with Crippen molar-refractivity contribution in [2.45, 2.75) is 58.8 Å². The fraction of sp³-hybridized carbons (Fsp3) is 0.250. The zero-order chi connectivity index (χ0) is 35.7. The molecule has 6 heteroatoms. The number of aromatic nitrogens is 1. The molecule has 5 aromatic carbocycles. The maximum Gasteiger partial charge on any atom is 0 e. The van der Waals surface area contributed by atoms with E-state index in [0.717, 1.165) is 32.8 Å². The maximum absolute atomic E-state index is 11.5. The Morgan fingerprint density at radius 3 is 2.04 bits per heavy atom. The molecule has 0 aliphatic rings. The van der Waals surface area contributed by atoms with Gasteiger partial charge in [0.1, 0.15) is 5.76 Å². The van der Waals surface area contributed by atoms with E-state index >= 15 is 0 Å².